The van der Waals surface area contributed by atoms with Crippen molar-refractivity contribution in [3.63, 3.8) is 0 Å². The fourth-order valence-corrected chi connectivity index (χ4v) is 72.4. The number of ether oxygens (including phenoxy) is 2. The van der Waals surface area contributed by atoms with Gasteiger partial charge in [0.2, 0.25) is 0 Å². The maximum atomic E-state index is 6.87. The summed E-state index contributed by atoms with van der Waals surface area (Å²) in [5.74, 6) is 14.4. The summed E-state index contributed by atoms with van der Waals surface area (Å²) in [4.78, 5) is 17.1. The van der Waals surface area contributed by atoms with Crippen LogP contribution in [0.5, 0.6) is 23.0 Å². The number of anilines is 2. The number of nitrogens with one attached hydrogen (secondary N) is 2. The number of rotatable bonds is 4. The molecule has 0 atom stereocenters. The number of benzene rings is 4. The van der Waals surface area contributed by atoms with Gasteiger partial charge in [0.05, 0.1) is 0 Å². The van der Waals surface area contributed by atoms with Crippen molar-refractivity contribution in [1.82, 2.24) is 4.58 Å². The van der Waals surface area contributed by atoms with Gasteiger partial charge in [-0.05, 0) is 0 Å². The zero-order valence-corrected chi connectivity index (χ0v) is 51.2. The Morgan fingerprint density at radius 2 is 1.29 bits per heavy atom. The Hall–Kier alpha value is 0.314. The molecule has 344 valence electrons. The van der Waals surface area contributed by atoms with E-state index in [-0.39, 0.29) is 0 Å². The topological polar surface area (TPSA) is 75.4 Å². The van der Waals surface area contributed by atoms with Crippen LogP contribution in [0.2, 0.25) is 0 Å². The number of hydrogen-bond acceptors (Lipinski definition) is 14. The van der Waals surface area contributed by atoms with Crippen molar-refractivity contribution in [3.05, 3.63) is 67.9 Å². The molecule has 4 saturated heterocycles. The summed E-state index contributed by atoms with van der Waals surface area (Å²) in [5, 5.41) is 8.78. The second-order valence-electron chi connectivity index (χ2n) is 17.6. The Morgan fingerprint density at radius 3 is 2.05 bits per heavy atom. The zero-order valence-electron chi connectivity index (χ0n) is 37.1. The Labute approximate surface area is 432 Å². The van der Waals surface area contributed by atoms with Gasteiger partial charge in [-0.2, -0.15) is 0 Å². The van der Waals surface area contributed by atoms with E-state index >= 15 is 0 Å². The summed E-state index contributed by atoms with van der Waals surface area (Å²) in [6.45, 7) is 4.29. The molecule has 2 N–H and O–H groups in total. The van der Waals surface area contributed by atoms with Gasteiger partial charge in [0, 0.05) is 0 Å². The van der Waals surface area contributed by atoms with Crippen LogP contribution in [-0.4, -0.2) is 136 Å². The molecule has 10 heterocycles. The molecule has 10 aliphatic heterocycles. The summed E-state index contributed by atoms with van der Waals surface area (Å²) in [6, 6.07) is 9.14. The van der Waals surface area contributed by atoms with E-state index in [1.54, 1.807) is 34.1 Å². The first kappa shape index (κ1) is 46.1. The molecular weight excluding hydrogens is 1220 g/mol. The molecule has 14 rings (SSSR count). The molecule has 0 unspecified atom stereocenters. The Bertz CT molecular complexity index is 2930. The Balaban J connectivity index is 0.000000132. The monoisotopic (exact) mass is 1280 g/mol. The molecule has 8 nitrogen and oxygen atoms in total. The third-order valence-corrected chi connectivity index (χ3v) is 68.3. The second kappa shape index (κ2) is 20.0. The van der Waals surface area contributed by atoms with E-state index in [4.69, 9.17) is 19.5 Å². The molecule has 4 aromatic rings. The van der Waals surface area contributed by atoms with Crippen LogP contribution in [0.1, 0.15) is 47.9 Å². The molecule has 0 aliphatic carbocycles. The zero-order chi connectivity index (χ0) is 43.9. The van der Waals surface area contributed by atoms with Gasteiger partial charge in [0.15, 0.2) is 0 Å². The van der Waals surface area contributed by atoms with Crippen LogP contribution in [0.3, 0.4) is 0 Å². The van der Waals surface area contributed by atoms with Crippen molar-refractivity contribution in [3.8, 4) is 23.0 Å². The summed E-state index contributed by atoms with van der Waals surface area (Å²) in [5.41, 5.74) is 11.5. The molecular formula is C46H52As4N6O2S8+2. The molecule has 0 spiro atoms. The van der Waals surface area contributed by atoms with Crippen LogP contribution in [0, 0.1) is 0 Å². The van der Waals surface area contributed by atoms with E-state index in [0.717, 1.165) is 49.2 Å². The maximum absolute atomic E-state index is 6.87. The van der Waals surface area contributed by atoms with Gasteiger partial charge < -0.3 is 0 Å². The molecule has 0 aromatic heterocycles. The van der Waals surface area contributed by atoms with Crippen molar-refractivity contribution in [1.29, 1.82) is 0 Å². The third kappa shape index (κ3) is 8.48. The third-order valence-electron chi connectivity index (χ3n) is 13.5. The van der Waals surface area contributed by atoms with Gasteiger partial charge in [0.25, 0.3) is 0 Å². The van der Waals surface area contributed by atoms with E-state index in [0.29, 0.717) is 0 Å². The van der Waals surface area contributed by atoms with E-state index in [2.05, 4.69) is 138 Å². The van der Waals surface area contributed by atoms with Crippen molar-refractivity contribution in [2.75, 3.05) is 96.5 Å². The normalized spacial score (nSPS) is 22.0. The molecule has 10 aliphatic rings. The van der Waals surface area contributed by atoms with Crippen molar-refractivity contribution < 1.29 is 14.5 Å². The van der Waals surface area contributed by atoms with Crippen molar-refractivity contribution in [2.24, 2.45) is 9.98 Å². The first-order valence-electron chi connectivity index (χ1n) is 23.3. The summed E-state index contributed by atoms with van der Waals surface area (Å²) in [6.07, 6.45) is 9.68. The molecule has 0 saturated carbocycles. The van der Waals surface area contributed by atoms with E-state index in [9.17, 15) is 0 Å². The number of fused-ring (bicyclic) bond motifs is 8. The molecule has 0 radical (unpaired) electrons. The average Bonchev–Trinajstić information content (AvgIpc) is 4.21. The quantitative estimate of drug-likeness (QED) is 0.200. The van der Waals surface area contributed by atoms with E-state index < -0.39 is 49.4 Å². The van der Waals surface area contributed by atoms with Crippen LogP contribution >= 0.6 is 80.2 Å². The standard InChI is InChI=1S/C24H28As2N3OS4.C22H23As2N3OS4/c1-28-7-3-5-15-17(28)13-19-23(21(15)25-31-9-10-32-25)27-24-20(30-19)14-18-16(6-4-8-29(18)2)22(24)26-33-11-12-34-26;1-3-13-15(25-5-1)11-17-21(19(13)23-29-7-8-30-23)27-22-18(28-17)12-16-14(4-2-6-26-16)20(22)24-31-9-10-32-24/h13-14H,3-12H2,1-2H3;11-12,25H,1-10H2/q+1;/p+1. The van der Waals surface area contributed by atoms with Crippen LogP contribution < -0.4 is 68.1 Å². The van der Waals surface area contributed by atoms with Crippen LogP contribution in [0.4, 0.5) is 22.7 Å². The van der Waals surface area contributed by atoms with Gasteiger partial charge >= 0.3 is 438 Å². The van der Waals surface area contributed by atoms with Crippen LogP contribution in [0.15, 0.2) is 34.3 Å². The summed E-state index contributed by atoms with van der Waals surface area (Å²) in [7, 11) is 22.5. The van der Waals surface area contributed by atoms with E-state index in [1.807, 2.05) is 0 Å². The van der Waals surface area contributed by atoms with E-state index in [1.165, 1.54) is 147 Å². The summed E-state index contributed by atoms with van der Waals surface area (Å²) >= 11 is -4.90. The molecule has 4 fully saturated rings. The average molecular weight is 1280 g/mol. The van der Waals surface area contributed by atoms with Gasteiger partial charge in [-0.15, -0.1) is 0 Å². The van der Waals surface area contributed by atoms with Gasteiger partial charge in [-0.1, -0.05) is 0 Å². The van der Waals surface area contributed by atoms with Crippen molar-refractivity contribution >= 4 is 170 Å². The molecule has 20 heteroatoms. The van der Waals surface area contributed by atoms with Gasteiger partial charge in [-0.3, -0.25) is 0 Å². The number of nitrogens with zero attached hydrogens (tertiary/aromatic N) is 4. The predicted octanol–water partition coefficient (Wildman–Crippen LogP) is 3.64. The fraction of sp³-hybridized carbons (Fsp3) is 0.478. The molecule has 0 bridgehead atoms. The second-order valence-corrected chi connectivity index (χ2v) is 63.9. The Kier molecular flexibility index (Phi) is 14.0. The first-order chi connectivity index (χ1) is 32.6. The van der Waals surface area contributed by atoms with Gasteiger partial charge in [-0.25, -0.2) is 0 Å². The molecule has 4 aromatic carbocycles. The Morgan fingerprint density at radius 1 is 0.636 bits per heavy atom. The summed E-state index contributed by atoms with van der Waals surface area (Å²) < 4.78 is 22.5. The van der Waals surface area contributed by atoms with Crippen LogP contribution in [0.25, 0.3) is 0 Å². The van der Waals surface area contributed by atoms with Crippen LogP contribution in [-0.2, 0) is 25.7 Å². The minimum atomic E-state index is -1.24. The predicted molar refractivity (Wildman–Crippen MR) is 300 cm³/mol. The minimum absolute atomic E-state index is 0.951. The van der Waals surface area contributed by atoms with Gasteiger partial charge in [0.1, 0.15) is 0 Å². The fourth-order valence-electron chi connectivity index (χ4n) is 10.5. The SMILES string of the molecule is CN1CCCc2c1cc1c(c2[As]2SCCS2)N=c2c(cc3c(c2[As]2SCCS2)CCC[N+]=3C)O1.c1c2c(c([As]3SCCS3)c3c1Oc1cc4c(c([As]5SCCS5)c1=[NH+]3)CCCN=4)CCCN2. The first-order valence-corrected chi connectivity index (χ1v) is 52.9. The molecule has 0 amide bonds. The number of hydrogen-bond donors (Lipinski definition) is 2. The molecule has 66 heavy (non-hydrogen) atoms. The van der Waals surface area contributed by atoms with Crippen molar-refractivity contribution in [2.45, 2.75) is 51.4 Å².